The van der Waals surface area contributed by atoms with Crippen LogP contribution in [-0.2, 0) is 0 Å². The first-order valence-electron chi connectivity index (χ1n) is 7.59. The molecule has 0 radical (unpaired) electrons. The third-order valence-corrected chi connectivity index (χ3v) is 4.05. The highest BCUT2D eigenvalue weighted by Gasteiger charge is 2.10. The van der Waals surface area contributed by atoms with Crippen molar-refractivity contribution in [2.24, 2.45) is 0 Å². The van der Waals surface area contributed by atoms with Crippen molar-refractivity contribution < 1.29 is 4.79 Å². The van der Waals surface area contributed by atoms with Crippen molar-refractivity contribution in [1.82, 2.24) is 4.98 Å². The maximum Gasteiger partial charge on any atom is 0.256 e. The lowest BCUT2D eigenvalue weighted by Gasteiger charge is -2.08. The number of anilines is 1. The van der Waals surface area contributed by atoms with Crippen LogP contribution in [0, 0.1) is 6.92 Å². The van der Waals surface area contributed by atoms with Crippen molar-refractivity contribution in [2.75, 3.05) is 5.32 Å². The summed E-state index contributed by atoms with van der Waals surface area (Å²) in [5.41, 5.74) is 3.67. The fourth-order valence-electron chi connectivity index (χ4n) is 2.98. The lowest BCUT2D eigenvalue weighted by Crippen LogP contribution is -2.12. The number of carbonyl (C=O) groups is 1. The van der Waals surface area contributed by atoms with Gasteiger partial charge in [-0.2, -0.15) is 0 Å². The zero-order chi connectivity index (χ0) is 15.8. The molecule has 3 heteroatoms. The van der Waals surface area contributed by atoms with Gasteiger partial charge in [0.2, 0.25) is 0 Å². The lowest BCUT2D eigenvalue weighted by molar-refractivity contribution is 0.102. The summed E-state index contributed by atoms with van der Waals surface area (Å²) in [6.07, 6.45) is 0. The molecule has 1 aromatic heterocycles. The monoisotopic (exact) mass is 300 g/mol. The SMILES string of the molecule is Cc1cc2cc(NC(=O)c3cccc4ccccc34)ccc2[nH]1. The first kappa shape index (κ1) is 13.6. The first-order chi connectivity index (χ1) is 11.2. The molecule has 0 aliphatic carbocycles. The second-order valence-electron chi connectivity index (χ2n) is 5.74. The van der Waals surface area contributed by atoms with Crippen LogP contribution in [0.5, 0.6) is 0 Å². The number of amides is 1. The molecular weight excluding hydrogens is 284 g/mol. The molecule has 0 saturated carbocycles. The fraction of sp³-hybridized carbons (Fsp3) is 0.0500. The van der Waals surface area contributed by atoms with Crippen LogP contribution < -0.4 is 5.32 Å². The fourth-order valence-corrected chi connectivity index (χ4v) is 2.98. The van der Waals surface area contributed by atoms with E-state index in [1.54, 1.807) is 0 Å². The molecule has 4 aromatic rings. The number of aromatic amines is 1. The molecule has 0 saturated heterocycles. The van der Waals surface area contributed by atoms with Crippen LogP contribution in [-0.4, -0.2) is 10.9 Å². The van der Waals surface area contributed by atoms with Crippen molar-refractivity contribution in [1.29, 1.82) is 0 Å². The van der Waals surface area contributed by atoms with Gasteiger partial charge in [0, 0.05) is 27.8 Å². The van der Waals surface area contributed by atoms with Crippen LogP contribution >= 0.6 is 0 Å². The Morgan fingerprint density at radius 2 is 1.74 bits per heavy atom. The van der Waals surface area contributed by atoms with Gasteiger partial charge in [0.25, 0.3) is 5.91 Å². The van der Waals surface area contributed by atoms with Gasteiger partial charge < -0.3 is 10.3 Å². The Kier molecular flexibility index (Phi) is 3.12. The van der Waals surface area contributed by atoms with E-state index in [9.17, 15) is 4.79 Å². The summed E-state index contributed by atoms with van der Waals surface area (Å²) in [7, 11) is 0. The third kappa shape index (κ3) is 2.46. The van der Waals surface area contributed by atoms with Crippen LogP contribution in [0.3, 0.4) is 0 Å². The highest BCUT2D eigenvalue weighted by atomic mass is 16.1. The smallest absolute Gasteiger partial charge is 0.256 e. The summed E-state index contributed by atoms with van der Waals surface area (Å²) < 4.78 is 0. The average molecular weight is 300 g/mol. The molecule has 23 heavy (non-hydrogen) atoms. The summed E-state index contributed by atoms with van der Waals surface area (Å²) in [4.78, 5) is 15.9. The van der Waals surface area contributed by atoms with E-state index in [2.05, 4.69) is 16.4 Å². The molecule has 0 bridgehead atoms. The number of carbonyl (C=O) groups excluding carboxylic acids is 1. The molecule has 0 aliphatic heterocycles. The van der Waals surface area contributed by atoms with Gasteiger partial charge in [-0.05, 0) is 48.0 Å². The zero-order valence-electron chi connectivity index (χ0n) is 12.8. The number of nitrogens with one attached hydrogen (secondary N) is 2. The molecule has 1 heterocycles. The molecule has 0 fully saturated rings. The van der Waals surface area contributed by atoms with Gasteiger partial charge in [-0.3, -0.25) is 4.79 Å². The summed E-state index contributed by atoms with van der Waals surface area (Å²) >= 11 is 0. The number of hydrogen-bond donors (Lipinski definition) is 2. The Balaban J connectivity index is 1.70. The van der Waals surface area contributed by atoms with E-state index in [0.29, 0.717) is 5.56 Å². The molecule has 0 spiro atoms. The number of benzene rings is 3. The Labute approximate surface area is 134 Å². The quantitative estimate of drug-likeness (QED) is 0.544. The standard InChI is InChI=1S/C20H16N2O/c1-13-11-15-12-16(9-10-19(15)21-13)22-20(23)18-8-4-6-14-5-2-3-7-17(14)18/h2-12,21H,1H3,(H,22,23). The van der Waals surface area contributed by atoms with E-state index in [-0.39, 0.29) is 5.91 Å². The highest BCUT2D eigenvalue weighted by Crippen LogP contribution is 2.22. The van der Waals surface area contributed by atoms with Gasteiger partial charge in [-0.15, -0.1) is 0 Å². The van der Waals surface area contributed by atoms with E-state index in [0.717, 1.165) is 33.1 Å². The predicted molar refractivity (Wildman–Crippen MR) is 94.9 cm³/mol. The van der Waals surface area contributed by atoms with Crippen molar-refractivity contribution in [3.63, 3.8) is 0 Å². The second-order valence-corrected chi connectivity index (χ2v) is 5.74. The first-order valence-corrected chi connectivity index (χ1v) is 7.59. The molecule has 2 N–H and O–H groups in total. The Bertz CT molecular complexity index is 1020. The minimum absolute atomic E-state index is 0.0894. The van der Waals surface area contributed by atoms with Gasteiger partial charge in [0.15, 0.2) is 0 Å². The Hall–Kier alpha value is -3.07. The zero-order valence-corrected chi connectivity index (χ0v) is 12.8. The Morgan fingerprint density at radius 1 is 0.913 bits per heavy atom. The predicted octanol–water partition coefficient (Wildman–Crippen LogP) is 4.88. The van der Waals surface area contributed by atoms with E-state index in [4.69, 9.17) is 0 Å². The van der Waals surface area contributed by atoms with E-state index in [1.165, 1.54) is 0 Å². The lowest BCUT2D eigenvalue weighted by atomic mass is 10.0. The van der Waals surface area contributed by atoms with Crippen LogP contribution in [0.1, 0.15) is 16.1 Å². The van der Waals surface area contributed by atoms with Gasteiger partial charge in [-0.25, -0.2) is 0 Å². The highest BCUT2D eigenvalue weighted by molar-refractivity contribution is 6.13. The molecule has 3 aromatic carbocycles. The van der Waals surface area contributed by atoms with Crippen LogP contribution in [0.15, 0.2) is 66.7 Å². The molecule has 0 unspecified atom stereocenters. The second kappa shape index (κ2) is 5.29. The number of aryl methyl sites for hydroxylation is 1. The molecule has 4 rings (SSSR count). The summed E-state index contributed by atoms with van der Waals surface area (Å²) in [6.45, 7) is 2.02. The van der Waals surface area contributed by atoms with Crippen molar-refractivity contribution in [3.8, 4) is 0 Å². The largest absolute Gasteiger partial charge is 0.359 e. The Morgan fingerprint density at radius 3 is 2.65 bits per heavy atom. The number of aromatic nitrogens is 1. The third-order valence-electron chi connectivity index (χ3n) is 4.05. The minimum atomic E-state index is -0.0894. The van der Waals surface area contributed by atoms with Gasteiger partial charge >= 0.3 is 0 Å². The molecule has 112 valence electrons. The number of H-pyrrole nitrogens is 1. The summed E-state index contributed by atoms with van der Waals surface area (Å²) in [6, 6.07) is 21.7. The topological polar surface area (TPSA) is 44.9 Å². The van der Waals surface area contributed by atoms with Crippen molar-refractivity contribution >= 4 is 33.3 Å². The van der Waals surface area contributed by atoms with Crippen LogP contribution in [0.25, 0.3) is 21.7 Å². The van der Waals surface area contributed by atoms with E-state index in [1.807, 2.05) is 67.6 Å². The maximum atomic E-state index is 12.7. The molecule has 3 nitrogen and oxygen atoms in total. The number of fused-ring (bicyclic) bond motifs is 2. The van der Waals surface area contributed by atoms with Crippen molar-refractivity contribution in [2.45, 2.75) is 6.92 Å². The minimum Gasteiger partial charge on any atom is -0.359 e. The number of hydrogen-bond acceptors (Lipinski definition) is 1. The summed E-state index contributed by atoms with van der Waals surface area (Å²) in [5.74, 6) is -0.0894. The van der Waals surface area contributed by atoms with Crippen LogP contribution in [0.2, 0.25) is 0 Å². The van der Waals surface area contributed by atoms with E-state index >= 15 is 0 Å². The van der Waals surface area contributed by atoms with Gasteiger partial charge in [-0.1, -0.05) is 36.4 Å². The van der Waals surface area contributed by atoms with Gasteiger partial charge in [0.05, 0.1) is 0 Å². The molecule has 1 amide bonds. The van der Waals surface area contributed by atoms with E-state index < -0.39 is 0 Å². The number of rotatable bonds is 2. The van der Waals surface area contributed by atoms with Crippen LogP contribution in [0.4, 0.5) is 5.69 Å². The normalized spacial score (nSPS) is 11.0. The summed E-state index contributed by atoms with van der Waals surface area (Å²) in [5, 5.41) is 6.12. The molecular formula is C20H16N2O. The molecule has 0 atom stereocenters. The average Bonchev–Trinajstić information content (AvgIpc) is 2.93. The van der Waals surface area contributed by atoms with Crippen molar-refractivity contribution in [3.05, 3.63) is 78.0 Å². The maximum absolute atomic E-state index is 12.7. The van der Waals surface area contributed by atoms with Gasteiger partial charge in [0.1, 0.15) is 0 Å². The molecule has 0 aliphatic rings.